The second-order valence-electron chi connectivity index (χ2n) is 7.72. The van der Waals surface area contributed by atoms with Crippen LogP contribution >= 0.6 is 11.8 Å². The van der Waals surface area contributed by atoms with Gasteiger partial charge < -0.3 is 9.47 Å². The monoisotopic (exact) mass is 433 g/mol. The van der Waals surface area contributed by atoms with Crippen LogP contribution in [0.15, 0.2) is 76.5 Å². The van der Waals surface area contributed by atoms with Crippen LogP contribution in [0.4, 0.5) is 4.39 Å². The molecule has 4 rings (SSSR count). The summed E-state index contributed by atoms with van der Waals surface area (Å²) < 4.78 is 25.7. The zero-order chi connectivity index (χ0) is 21.7. The number of hydrogen-bond donors (Lipinski definition) is 0. The van der Waals surface area contributed by atoms with Crippen molar-refractivity contribution in [3.05, 3.63) is 94.8 Å². The Kier molecular flexibility index (Phi) is 6.72. The largest absolute Gasteiger partial charge is 0.381 e. The number of rotatable bonds is 6. The summed E-state index contributed by atoms with van der Waals surface area (Å²) in [5.74, 6) is -0.250. The van der Waals surface area contributed by atoms with Gasteiger partial charge in [0, 0.05) is 43.0 Å². The van der Waals surface area contributed by atoms with Crippen molar-refractivity contribution >= 4 is 11.8 Å². The van der Waals surface area contributed by atoms with E-state index in [4.69, 9.17) is 14.7 Å². The van der Waals surface area contributed by atoms with E-state index in [-0.39, 0.29) is 5.82 Å². The van der Waals surface area contributed by atoms with Gasteiger partial charge in [-0.1, -0.05) is 36.0 Å². The maximum Gasteiger partial charge on any atom is 0.124 e. The minimum Gasteiger partial charge on any atom is -0.381 e. The Hall–Kier alpha value is -2.65. The zero-order valence-electron chi connectivity index (χ0n) is 17.4. The molecule has 1 aliphatic heterocycles. The van der Waals surface area contributed by atoms with Crippen LogP contribution in [0.1, 0.15) is 35.1 Å². The summed E-state index contributed by atoms with van der Waals surface area (Å²) in [5, 5.41) is 8.92. The molecule has 0 bridgehead atoms. The standard InChI is InChI=1S/C26H24FNO2S/c1-29-26(10-12-30-13-11-26)22-15-23(27)17-25(16-22)31-24-8-6-20(7-9-24)14-19-2-4-21(18-28)5-3-19/h2-9,15-17H,10-14H2,1H3. The van der Waals surface area contributed by atoms with Gasteiger partial charge in [0.05, 0.1) is 17.2 Å². The fourth-order valence-electron chi connectivity index (χ4n) is 3.94. The first-order valence-corrected chi connectivity index (χ1v) is 11.1. The Bertz CT molecular complexity index is 1070. The van der Waals surface area contributed by atoms with Gasteiger partial charge in [-0.25, -0.2) is 4.39 Å². The van der Waals surface area contributed by atoms with Crippen molar-refractivity contribution in [1.82, 2.24) is 0 Å². The molecule has 1 heterocycles. The van der Waals surface area contributed by atoms with Crippen molar-refractivity contribution in [2.24, 2.45) is 0 Å². The van der Waals surface area contributed by atoms with Crippen molar-refractivity contribution in [2.75, 3.05) is 20.3 Å². The summed E-state index contributed by atoms with van der Waals surface area (Å²) in [6.07, 6.45) is 2.25. The maximum absolute atomic E-state index is 14.4. The summed E-state index contributed by atoms with van der Waals surface area (Å²) in [5.41, 5.74) is 3.41. The Morgan fingerprint density at radius 1 is 0.968 bits per heavy atom. The van der Waals surface area contributed by atoms with E-state index in [1.165, 1.54) is 5.56 Å². The van der Waals surface area contributed by atoms with E-state index in [0.717, 1.165) is 40.2 Å². The van der Waals surface area contributed by atoms with Crippen LogP contribution in [0.25, 0.3) is 0 Å². The third-order valence-electron chi connectivity index (χ3n) is 5.74. The van der Waals surface area contributed by atoms with Gasteiger partial charge in [0.1, 0.15) is 5.82 Å². The second kappa shape index (κ2) is 9.65. The van der Waals surface area contributed by atoms with Gasteiger partial charge in [0.15, 0.2) is 0 Å². The van der Waals surface area contributed by atoms with Gasteiger partial charge in [0.2, 0.25) is 0 Å². The van der Waals surface area contributed by atoms with E-state index in [2.05, 4.69) is 30.3 Å². The first-order chi connectivity index (χ1) is 15.1. The molecular weight excluding hydrogens is 409 g/mol. The lowest BCUT2D eigenvalue weighted by atomic mass is 9.86. The molecule has 0 aromatic heterocycles. The molecule has 0 atom stereocenters. The van der Waals surface area contributed by atoms with Gasteiger partial charge in [-0.15, -0.1) is 0 Å². The molecule has 0 N–H and O–H groups in total. The van der Waals surface area contributed by atoms with Crippen LogP contribution in [0.3, 0.4) is 0 Å². The third-order valence-corrected chi connectivity index (χ3v) is 6.72. The average molecular weight is 434 g/mol. The molecule has 0 radical (unpaired) electrons. The Morgan fingerprint density at radius 2 is 1.61 bits per heavy atom. The molecule has 1 aliphatic rings. The molecule has 0 amide bonds. The SMILES string of the molecule is COC1(c2cc(F)cc(Sc3ccc(Cc4ccc(C#N)cc4)cc3)c2)CCOCC1. The molecule has 0 aliphatic carbocycles. The van der Waals surface area contributed by atoms with Crippen molar-refractivity contribution in [1.29, 1.82) is 5.26 Å². The Morgan fingerprint density at radius 3 is 2.23 bits per heavy atom. The predicted molar refractivity (Wildman–Crippen MR) is 120 cm³/mol. The highest BCUT2D eigenvalue weighted by Gasteiger charge is 2.35. The Labute approximate surface area is 186 Å². The number of ether oxygens (including phenoxy) is 2. The van der Waals surface area contributed by atoms with Crippen molar-refractivity contribution in [3.8, 4) is 6.07 Å². The second-order valence-corrected chi connectivity index (χ2v) is 8.86. The van der Waals surface area contributed by atoms with E-state index < -0.39 is 5.60 Å². The fraction of sp³-hybridized carbons (Fsp3) is 0.269. The third kappa shape index (κ3) is 5.16. The molecular formula is C26H24FNO2S. The molecule has 0 spiro atoms. The molecule has 0 saturated carbocycles. The number of nitrogens with zero attached hydrogens (tertiary/aromatic N) is 1. The summed E-state index contributed by atoms with van der Waals surface area (Å²) in [7, 11) is 1.69. The van der Waals surface area contributed by atoms with Crippen LogP contribution in [0.2, 0.25) is 0 Å². The first-order valence-electron chi connectivity index (χ1n) is 10.3. The van der Waals surface area contributed by atoms with Crippen molar-refractivity contribution in [2.45, 2.75) is 34.7 Å². The van der Waals surface area contributed by atoms with E-state index in [0.29, 0.717) is 18.8 Å². The average Bonchev–Trinajstić information content (AvgIpc) is 2.81. The van der Waals surface area contributed by atoms with Crippen LogP contribution < -0.4 is 0 Å². The number of benzene rings is 3. The van der Waals surface area contributed by atoms with Crippen LogP contribution in [0, 0.1) is 17.1 Å². The van der Waals surface area contributed by atoms with E-state index >= 15 is 0 Å². The zero-order valence-corrected chi connectivity index (χ0v) is 18.3. The van der Waals surface area contributed by atoms with Gasteiger partial charge in [-0.3, -0.25) is 0 Å². The lowest BCUT2D eigenvalue weighted by molar-refractivity contribution is -0.0950. The van der Waals surface area contributed by atoms with E-state index in [9.17, 15) is 4.39 Å². The molecule has 5 heteroatoms. The number of halogens is 1. The van der Waals surface area contributed by atoms with Gasteiger partial charge in [-0.2, -0.15) is 5.26 Å². The molecule has 1 saturated heterocycles. The Balaban J connectivity index is 1.49. The molecule has 3 nitrogen and oxygen atoms in total. The molecule has 0 unspecified atom stereocenters. The van der Waals surface area contributed by atoms with Gasteiger partial charge >= 0.3 is 0 Å². The molecule has 158 valence electrons. The van der Waals surface area contributed by atoms with Crippen LogP contribution in [-0.4, -0.2) is 20.3 Å². The number of hydrogen-bond acceptors (Lipinski definition) is 4. The summed E-state index contributed by atoms with van der Waals surface area (Å²) in [6, 6.07) is 23.3. The number of nitriles is 1. The molecule has 31 heavy (non-hydrogen) atoms. The lowest BCUT2D eigenvalue weighted by Gasteiger charge is -2.36. The van der Waals surface area contributed by atoms with Gasteiger partial charge in [0.25, 0.3) is 0 Å². The van der Waals surface area contributed by atoms with Crippen molar-refractivity contribution in [3.63, 3.8) is 0 Å². The topological polar surface area (TPSA) is 42.2 Å². The normalized spacial score (nSPS) is 15.4. The lowest BCUT2D eigenvalue weighted by Crippen LogP contribution is -2.35. The first kappa shape index (κ1) is 21.6. The molecule has 3 aromatic carbocycles. The van der Waals surface area contributed by atoms with Crippen LogP contribution in [-0.2, 0) is 21.5 Å². The summed E-state index contributed by atoms with van der Waals surface area (Å²) in [4.78, 5) is 1.91. The maximum atomic E-state index is 14.4. The quantitative estimate of drug-likeness (QED) is 0.472. The molecule has 1 fully saturated rings. The fourth-order valence-corrected chi connectivity index (χ4v) is 4.84. The van der Waals surface area contributed by atoms with Crippen molar-refractivity contribution < 1.29 is 13.9 Å². The summed E-state index contributed by atoms with van der Waals surface area (Å²) in [6.45, 7) is 1.24. The van der Waals surface area contributed by atoms with E-state index in [1.54, 1.807) is 31.0 Å². The van der Waals surface area contributed by atoms with Crippen LogP contribution in [0.5, 0.6) is 0 Å². The highest BCUT2D eigenvalue weighted by molar-refractivity contribution is 7.99. The smallest absolute Gasteiger partial charge is 0.124 e. The van der Waals surface area contributed by atoms with E-state index in [1.807, 2.05) is 30.3 Å². The minimum atomic E-state index is -0.486. The predicted octanol–water partition coefficient (Wildman–Crippen LogP) is 6.09. The minimum absolute atomic E-state index is 0.250. The van der Waals surface area contributed by atoms with Gasteiger partial charge in [-0.05, 0) is 65.6 Å². The number of methoxy groups -OCH3 is 1. The molecule has 3 aromatic rings. The highest BCUT2D eigenvalue weighted by Crippen LogP contribution is 2.39. The summed E-state index contributed by atoms with van der Waals surface area (Å²) >= 11 is 1.55. The highest BCUT2D eigenvalue weighted by atomic mass is 32.2.